The first-order valence-electron chi connectivity index (χ1n) is 42.1. The Morgan fingerprint density at radius 2 is 0.719 bits per heavy atom. The molecule has 30 nitrogen and oxygen atoms in total. The first-order valence-corrected chi connectivity index (χ1v) is 42.1. The lowest BCUT2D eigenvalue weighted by molar-refractivity contribution is -0.346. The Morgan fingerprint density at radius 3 is 0.984 bits per heavy atom. The molecule has 0 radical (unpaired) electrons. The molecule has 2 amide bonds. The number of nitrogens with one attached hydrogen (secondary N) is 2. The lowest BCUT2D eigenvalue weighted by atomic mass is 9.44. The molecule has 14 rings (SSSR count). The molecule has 0 aromatic heterocycles. The van der Waals surface area contributed by atoms with Gasteiger partial charge in [-0.05, 0) is 122 Å². The maximum atomic E-state index is 15.6. The number of amides is 2. The van der Waals surface area contributed by atoms with E-state index in [0.717, 1.165) is 27.7 Å². The number of aliphatic hydroxyl groups is 6. The molecule has 2 heterocycles. The van der Waals surface area contributed by atoms with E-state index in [0.29, 0.717) is 11.1 Å². The minimum absolute atomic E-state index is 0. The van der Waals surface area contributed by atoms with Crippen LogP contribution in [0, 0.1) is 33.5 Å². The van der Waals surface area contributed by atoms with Crippen LogP contribution in [0.15, 0.2) is 204 Å². The predicted molar refractivity (Wildman–Crippen MR) is 458 cm³/mol. The molecule has 6 fully saturated rings. The number of rotatable bonds is 22. The summed E-state index contributed by atoms with van der Waals surface area (Å²) in [6.45, 7) is 16.5. The van der Waals surface area contributed by atoms with Crippen molar-refractivity contribution in [2.75, 3.05) is 13.2 Å². The van der Waals surface area contributed by atoms with Crippen LogP contribution in [0.5, 0.6) is 0 Å². The Kier molecular flexibility index (Phi) is 28.6. The summed E-state index contributed by atoms with van der Waals surface area (Å²) in [6, 6.07) is 46.0. The SMILES string of the molecule is C.C.CCC1(C)C2=C(C)[C@@H](OC(=O)[C@H](O)[C@@H](NC(=O)c3ccccc3)c3ccccc3)C[C@@]1(O)[C@@H](OC(=O)c1ccccc1)[C@@H]1[C@]3(OC(C)=O)CO[C@@H]3C[C@H](O)[C@@]1(C)C(=O)[C@@H]2OC(C)=O.CCC1(C)C2=C(C)[C@@H](OC(=O)[C@H](O)[C@@H](NC(=O)c3ccccc3)c3ccccc3)C[C@@]1(O)[C@@H](OC(=O)c1ccccc1)[C@@H]1[C@]3(OC(C)=O)CO[C@@H]3C[C@H](O)[C@@]1(C)C(=O)[C@@H]2OC(C)=O. The third kappa shape index (κ3) is 16.8. The fourth-order valence-electron chi connectivity index (χ4n) is 21.0. The Morgan fingerprint density at radius 1 is 0.430 bits per heavy atom. The zero-order chi connectivity index (χ0) is 91.3. The van der Waals surface area contributed by atoms with Crippen molar-refractivity contribution in [3.63, 3.8) is 0 Å². The van der Waals surface area contributed by atoms with Gasteiger partial charge in [-0.15, -0.1) is 0 Å². The highest BCUT2D eigenvalue weighted by Crippen LogP contribution is 2.68. The summed E-state index contributed by atoms with van der Waals surface area (Å²) in [6.07, 6.45) is -20.9. The molecule has 6 aromatic rings. The predicted octanol–water partition coefficient (Wildman–Crippen LogP) is 9.52. The molecular formula is C98H114N2O28. The van der Waals surface area contributed by atoms with Gasteiger partial charge in [0.15, 0.2) is 47.2 Å². The molecule has 684 valence electrons. The molecule has 8 aliphatic rings. The number of aliphatic hydroxyl groups excluding tert-OH is 4. The summed E-state index contributed by atoms with van der Waals surface area (Å²) in [4.78, 5) is 168. The van der Waals surface area contributed by atoms with E-state index in [2.05, 4.69) is 10.6 Å². The number of fused-ring (bicyclic) bond motifs is 10. The maximum absolute atomic E-state index is 15.6. The van der Waals surface area contributed by atoms with E-state index in [1.807, 2.05) is 0 Å². The number of ketones is 2. The van der Waals surface area contributed by atoms with E-state index in [1.165, 1.54) is 38.1 Å². The van der Waals surface area contributed by atoms with Gasteiger partial charge in [0.2, 0.25) is 0 Å². The third-order valence-corrected chi connectivity index (χ3v) is 28.0. The quantitative estimate of drug-likeness (QED) is 0.0178. The second-order valence-electron chi connectivity index (χ2n) is 34.8. The number of hydrogen-bond donors (Lipinski definition) is 8. The number of hydrogen-bond acceptors (Lipinski definition) is 28. The van der Waals surface area contributed by atoms with E-state index in [9.17, 15) is 78.6 Å². The fourth-order valence-corrected chi connectivity index (χ4v) is 21.0. The van der Waals surface area contributed by atoms with Crippen molar-refractivity contribution < 1.29 is 136 Å². The van der Waals surface area contributed by atoms with Gasteiger partial charge in [-0.25, -0.2) is 19.2 Å². The molecule has 6 aromatic carbocycles. The molecule has 2 unspecified atom stereocenters. The van der Waals surface area contributed by atoms with Crippen molar-refractivity contribution in [2.24, 2.45) is 33.5 Å². The standard InChI is InChI=1S/2C48H53NO14.2CH4/c2*1-7-45(5)35-26(2)32(61-44(57)37(53)36(29-17-11-8-12-18-29)49-42(55)30-19-13-9-14-20-30)24-48(45,58)41(62-43(56)31-21-15-10-16-22-31)39-46(6,40(54)38(35)60-27(3)50)33(52)23-34-47(39,25-59-34)63-28(4)51;;/h2*8-22,32-34,36-39,41,52-53,58H,7,23-25H2,1-6H3,(H,49,55);2*1H4/t2*32-,33-,34+,36-,37+,38+,39-,41-,45?,46+,47-,48+;;/m00../s1. The number of carbonyl (C=O) groups is 12. The van der Waals surface area contributed by atoms with Gasteiger partial charge in [-0.1, -0.05) is 176 Å². The van der Waals surface area contributed by atoms with Gasteiger partial charge in [0.05, 0.1) is 71.3 Å². The van der Waals surface area contributed by atoms with Gasteiger partial charge >= 0.3 is 47.8 Å². The molecule has 2 aliphatic heterocycles. The van der Waals surface area contributed by atoms with Crippen LogP contribution in [0.2, 0.25) is 0 Å². The largest absolute Gasteiger partial charge is 0.456 e. The van der Waals surface area contributed by atoms with Crippen molar-refractivity contribution >= 4 is 71.1 Å². The van der Waals surface area contributed by atoms with E-state index >= 15 is 9.59 Å². The summed E-state index contributed by atoms with van der Waals surface area (Å²) in [5.74, 6) is -13.6. The molecule has 8 N–H and O–H groups in total. The topological polar surface area (TPSA) is 443 Å². The van der Waals surface area contributed by atoms with Crippen LogP contribution in [-0.2, 0) is 85.7 Å². The molecule has 0 spiro atoms. The monoisotopic (exact) mass is 1770 g/mol. The molecular weight excluding hydrogens is 1650 g/mol. The van der Waals surface area contributed by atoms with Gasteiger partial charge in [-0.3, -0.25) is 38.4 Å². The summed E-state index contributed by atoms with van der Waals surface area (Å²) < 4.78 is 61.0. The first kappa shape index (κ1) is 97.1. The third-order valence-electron chi connectivity index (χ3n) is 28.0. The smallest absolute Gasteiger partial charge is 0.338 e. The van der Waals surface area contributed by atoms with Gasteiger partial charge < -0.3 is 88.6 Å². The van der Waals surface area contributed by atoms with E-state index in [-0.39, 0.29) is 98.3 Å². The molecule has 24 atom stereocenters. The molecule has 30 heteroatoms. The average molecular weight is 1770 g/mol. The lowest BCUT2D eigenvalue weighted by Gasteiger charge is -2.67. The number of benzene rings is 6. The number of carbonyl (C=O) groups excluding carboxylic acids is 12. The van der Waals surface area contributed by atoms with Crippen LogP contribution < -0.4 is 10.6 Å². The van der Waals surface area contributed by atoms with E-state index in [1.54, 1.807) is 199 Å². The average Bonchev–Trinajstić information content (AvgIpc) is 0.670. The Bertz CT molecular complexity index is 4930. The highest BCUT2D eigenvalue weighted by Gasteiger charge is 2.81. The summed E-state index contributed by atoms with van der Waals surface area (Å²) >= 11 is 0. The fraction of sp³-hybridized carbons (Fsp3) is 0.469. The molecule has 128 heavy (non-hydrogen) atoms. The van der Waals surface area contributed by atoms with Gasteiger partial charge in [0.25, 0.3) is 11.8 Å². The molecule has 6 aliphatic carbocycles. The summed E-state index contributed by atoms with van der Waals surface area (Å²) in [5, 5.41) is 81.1. The highest BCUT2D eigenvalue weighted by molar-refractivity contribution is 5.99. The van der Waals surface area contributed by atoms with Crippen LogP contribution in [0.1, 0.15) is 201 Å². The van der Waals surface area contributed by atoms with Gasteiger partial charge in [-0.2, -0.15) is 0 Å². The lowest BCUT2D eigenvalue weighted by Crippen LogP contribution is -2.82. The van der Waals surface area contributed by atoms with Gasteiger partial charge in [0.1, 0.15) is 47.8 Å². The molecule has 2 saturated heterocycles. The zero-order valence-corrected chi connectivity index (χ0v) is 71.9. The second-order valence-corrected chi connectivity index (χ2v) is 34.8. The van der Waals surface area contributed by atoms with Crippen molar-refractivity contribution in [1.29, 1.82) is 0 Å². The van der Waals surface area contributed by atoms with E-state index in [4.69, 9.17) is 47.4 Å². The van der Waals surface area contributed by atoms with Crippen LogP contribution in [0.25, 0.3) is 0 Å². The maximum Gasteiger partial charge on any atom is 0.338 e. The first-order chi connectivity index (χ1) is 59.7. The van der Waals surface area contributed by atoms with Crippen LogP contribution in [-0.4, -0.2) is 211 Å². The molecule has 4 bridgehead atoms. The van der Waals surface area contributed by atoms with Crippen LogP contribution in [0.3, 0.4) is 0 Å². The Hall–Kier alpha value is -11.5. The highest BCUT2D eigenvalue weighted by atomic mass is 16.7. The van der Waals surface area contributed by atoms with Crippen molar-refractivity contribution in [3.8, 4) is 0 Å². The van der Waals surface area contributed by atoms with Gasteiger partial charge in [0, 0.05) is 75.3 Å². The van der Waals surface area contributed by atoms with Crippen molar-refractivity contribution in [2.45, 2.75) is 244 Å². The van der Waals surface area contributed by atoms with E-state index < -0.39 is 225 Å². The summed E-state index contributed by atoms with van der Waals surface area (Å²) in [5.41, 5.74) is -13.8. The summed E-state index contributed by atoms with van der Waals surface area (Å²) in [7, 11) is 0. The second kappa shape index (κ2) is 37.7. The Balaban J connectivity index is 0.000000244. The number of esters is 8. The number of ether oxygens (including phenoxy) is 10. The minimum Gasteiger partial charge on any atom is -0.456 e. The minimum atomic E-state index is -2.38. The van der Waals surface area contributed by atoms with Crippen molar-refractivity contribution in [1.82, 2.24) is 10.6 Å². The molecule has 4 saturated carbocycles. The Labute approximate surface area is 742 Å². The zero-order valence-electron chi connectivity index (χ0n) is 71.9. The van der Waals surface area contributed by atoms with Crippen molar-refractivity contribution in [3.05, 3.63) is 238 Å². The normalized spacial score (nSPS) is 32.5. The number of Topliss-reactive ketones (excluding diaryl/α,β-unsaturated/α-hetero) is 2. The van der Waals surface area contributed by atoms with Crippen LogP contribution >= 0.6 is 0 Å². The van der Waals surface area contributed by atoms with Crippen LogP contribution in [0.4, 0.5) is 0 Å².